The Morgan fingerprint density at radius 3 is 2.65 bits per heavy atom. The summed E-state index contributed by atoms with van der Waals surface area (Å²) in [6.45, 7) is 3.89. The quantitative estimate of drug-likeness (QED) is 0.439. The van der Waals surface area contributed by atoms with E-state index in [0.717, 1.165) is 11.1 Å². The van der Waals surface area contributed by atoms with Crippen molar-refractivity contribution in [3.05, 3.63) is 41.5 Å². The first-order valence-electron chi connectivity index (χ1n) is 7.53. The fourth-order valence-electron chi connectivity index (χ4n) is 2.17. The summed E-state index contributed by atoms with van der Waals surface area (Å²) in [5.74, 6) is 1.15. The van der Waals surface area contributed by atoms with E-state index in [0.29, 0.717) is 30.9 Å². The van der Waals surface area contributed by atoms with Gasteiger partial charge in [0.05, 0.1) is 6.61 Å². The summed E-state index contributed by atoms with van der Waals surface area (Å²) in [5.41, 5.74) is 1.94. The molecule has 0 bridgehead atoms. The molecule has 5 nitrogen and oxygen atoms in total. The van der Waals surface area contributed by atoms with E-state index in [4.69, 9.17) is 14.2 Å². The van der Waals surface area contributed by atoms with Gasteiger partial charge in [0.15, 0.2) is 11.5 Å². The van der Waals surface area contributed by atoms with Gasteiger partial charge < -0.3 is 19.0 Å². The smallest absolute Gasteiger partial charge is 0.330 e. The number of rotatable bonds is 7. The van der Waals surface area contributed by atoms with Gasteiger partial charge in [-0.1, -0.05) is 18.2 Å². The molecule has 0 spiro atoms. The lowest BCUT2D eigenvalue weighted by Crippen LogP contribution is -1.98. The van der Waals surface area contributed by atoms with Crippen molar-refractivity contribution in [2.24, 2.45) is 0 Å². The van der Waals surface area contributed by atoms with E-state index >= 15 is 0 Å². The molecule has 0 aromatic heterocycles. The van der Waals surface area contributed by atoms with E-state index in [1.165, 1.54) is 6.08 Å². The highest BCUT2D eigenvalue weighted by molar-refractivity contribution is 5.82. The molecule has 2 rings (SSSR count). The Hall–Kier alpha value is -2.56. The van der Waals surface area contributed by atoms with E-state index in [-0.39, 0.29) is 18.5 Å². The maximum atomic E-state index is 11.2. The summed E-state index contributed by atoms with van der Waals surface area (Å²) in [6.07, 6.45) is 7.71. The normalized spacial score (nSPS) is 13.0. The van der Waals surface area contributed by atoms with Crippen LogP contribution in [0.25, 0.3) is 6.08 Å². The molecule has 0 N–H and O–H groups in total. The number of carbonyl (C=O) groups is 2. The van der Waals surface area contributed by atoms with Crippen molar-refractivity contribution < 1.29 is 23.8 Å². The number of carbonyl (C=O) groups excluding carboxylic acids is 2. The van der Waals surface area contributed by atoms with Crippen LogP contribution in [0.4, 0.5) is 0 Å². The second-order valence-electron chi connectivity index (χ2n) is 5.08. The van der Waals surface area contributed by atoms with Gasteiger partial charge in [0, 0.05) is 12.5 Å². The Kier molecular flexibility index (Phi) is 5.97. The van der Waals surface area contributed by atoms with E-state index in [1.807, 2.05) is 18.2 Å². The summed E-state index contributed by atoms with van der Waals surface area (Å²) in [5, 5.41) is 0. The number of esters is 1. The van der Waals surface area contributed by atoms with Crippen LogP contribution in [0.3, 0.4) is 0 Å². The maximum Gasteiger partial charge on any atom is 0.330 e. The summed E-state index contributed by atoms with van der Waals surface area (Å²) in [4.78, 5) is 22.5. The molecule has 1 aromatic carbocycles. The molecule has 1 aliphatic heterocycles. The van der Waals surface area contributed by atoms with Crippen molar-refractivity contribution in [1.29, 1.82) is 0 Å². The molecule has 0 fully saturated rings. The van der Waals surface area contributed by atoms with Gasteiger partial charge in [0.25, 0.3) is 0 Å². The predicted octanol–water partition coefficient (Wildman–Crippen LogP) is 3.07. The lowest BCUT2D eigenvalue weighted by Gasteiger charge is -2.07. The largest absolute Gasteiger partial charge is 0.463 e. The molecule has 23 heavy (non-hydrogen) atoms. The van der Waals surface area contributed by atoms with E-state index < -0.39 is 0 Å². The first kappa shape index (κ1) is 16.8. The second-order valence-corrected chi connectivity index (χ2v) is 5.08. The van der Waals surface area contributed by atoms with Crippen molar-refractivity contribution in [1.82, 2.24) is 0 Å². The maximum absolute atomic E-state index is 11.2. The Bertz CT molecular complexity index is 643. The van der Waals surface area contributed by atoms with Gasteiger partial charge in [-0.3, -0.25) is 0 Å². The fraction of sp³-hybridized carbons (Fsp3) is 0.333. The van der Waals surface area contributed by atoms with Crippen LogP contribution < -0.4 is 9.47 Å². The lowest BCUT2D eigenvalue weighted by molar-refractivity contribution is -0.137. The van der Waals surface area contributed by atoms with Gasteiger partial charge in [-0.05, 0) is 43.5 Å². The molecule has 0 unspecified atom stereocenters. The monoisotopic (exact) mass is 316 g/mol. The van der Waals surface area contributed by atoms with Crippen LogP contribution in [-0.2, 0) is 20.7 Å². The van der Waals surface area contributed by atoms with Gasteiger partial charge in [0.2, 0.25) is 6.79 Å². The lowest BCUT2D eigenvalue weighted by atomic mass is 10.0. The van der Waals surface area contributed by atoms with E-state index in [9.17, 15) is 9.59 Å². The summed E-state index contributed by atoms with van der Waals surface area (Å²) in [7, 11) is 0. The molecule has 0 amide bonds. The molecule has 0 atom stereocenters. The SMILES string of the molecule is CCOC(=O)/C=C/C=C/c1cc2c(cc1CCC(C)=O)OCO2. The predicted molar refractivity (Wildman–Crippen MR) is 86.4 cm³/mol. The van der Waals surface area contributed by atoms with Crippen LogP contribution in [0, 0.1) is 0 Å². The molecule has 1 aromatic rings. The van der Waals surface area contributed by atoms with Crippen molar-refractivity contribution in [2.75, 3.05) is 13.4 Å². The van der Waals surface area contributed by atoms with Crippen LogP contribution in [-0.4, -0.2) is 25.2 Å². The van der Waals surface area contributed by atoms with Crippen molar-refractivity contribution >= 4 is 17.8 Å². The van der Waals surface area contributed by atoms with Gasteiger partial charge in [-0.2, -0.15) is 0 Å². The number of fused-ring (bicyclic) bond motifs is 1. The highest BCUT2D eigenvalue weighted by Crippen LogP contribution is 2.35. The van der Waals surface area contributed by atoms with Crippen molar-refractivity contribution in [2.45, 2.75) is 26.7 Å². The Morgan fingerprint density at radius 1 is 1.22 bits per heavy atom. The van der Waals surface area contributed by atoms with Crippen molar-refractivity contribution in [3.8, 4) is 11.5 Å². The molecule has 0 radical (unpaired) electrons. The minimum atomic E-state index is -0.375. The molecule has 0 saturated heterocycles. The Morgan fingerprint density at radius 2 is 1.96 bits per heavy atom. The zero-order chi connectivity index (χ0) is 16.7. The first-order valence-corrected chi connectivity index (χ1v) is 7.53. The fourth-order valence-corrected chi connectivity index (χ4v) is 2.17. The third-order valence-electron chi connectivity index (χ3n) is 3.29. The number of hydrogen-bond acceptors (Lipinski definition) is 5. The first-order chi connectivity index (χ1) is 11.1. The average Bonchev–Trinajstić information content (AvgIpc) is 2.96. The number of Topliss-reactive ketones (excluding diaryl/α,β-unsaturated/α-hetero) is 1. The van der Waals surface area contributed by atoms with Crippen LogP contribution in [0.1, 0.15) is 31.4 Å². The van der Waals surface area contributed by atoms with Gasteiger partial charge in [-0.25, -0.2) is 4.79 Å². The molecule has 0 aliphatic carbocycles. The highest BCUT2D eigenvalue weighted by atomic mass is 16.7. The van der Waals surface area contributed by atoms with Crippen LogP contribution in [0.5, 0.6) is 11.5 Å². The number of ketones is 1. The molecule has 0 saturated carbocycles. The number of ether oxygens (including phenoxy) is 3. The Balaban J connectivity index is 2.15. The van der Waals surface area contributed by atoms with Crippen LogP contribution >= 0.6 is 0 Å². The Labute approximate surface area is 135 Å². The zero-order valence-corrected chi connectivity index (χ0v) is 13.3. The minimum Gasteiger partial charge on any atom is -0.463 e. The summed E-state index contributed by atoms with van der Waals surface area (Å²) < 4.78 is 15.6. The minimum absolute atomic E-state index is 0.139. The molecule has 1 aliphatic rings. The van der Waals surface area contributed by atoms with E-state index in [1.54, 1.807) is 26.0 Å². The number of hydrogen-bond donors (Lipinski definition) is 0. The molecular weight excluding hydrogens is 296 g/mol. The van der Waals surface area contributed by atoms with Crippen LogP contribution in [0.15, 0.2) is 30.4 Å². The molecule has 1 heterocycles. The number of benzene rings is 1. The molecule has 5 heteroatoms. The standard InChI is InChI=1S/C18H20O5/c1-3-21-18(20)7-5-4-6-14-10-16-17(23-12-22-16)11-15(14)9-8-13(2)19/h4-7,10-11H,3,8-9,12H2,1-2H3/b6-4+,7-5+. The van der Waals surface area contributed by atoms with E-state index in [2.05, 4.69) is 0 Å². The second kappa shape index (κ2) is 8.17. The average molecular weight is 316 g/mol. The third-order valence-corrected chi connectivity index (χ3v) is 3.29. The van der Waals surface area contributed by atoms with Gasteiger partial charge in [-0.15, -0.1) is 0 Å². The van der Waals surface area contributed by atoms with Gasteiger partial charge in [0.1, 0.15) is 5.78 Å². The van der Waals surface area contributed by atoms with Crippen molar-refractivity contribution in [3.63, 3.8) is 0 Å². The van der Waals surface area contributed by atoms with Gasteiger partial charge >= 0.3 is 5.97 Å². The summed E-state index contributed by atoms with van der Waals surface area (Å²) in [6, 6.07) is 3.78. The van der Waals surface area contributed by atoms with Crippen LogP contribution in [0.2, 0.25) is 0 Å². The third kappa shape index (κ3) is 4.98. The topological polar surface area (TPSA) is 61.8 Å². The zero-order valence-electron chi connectivity index (χ0n) is 13.3. The molecular formula is C18H20O5. The number of allylic oxidation sites excluding steroid dienone is 2. The highest BCUT2D eigenvalue weighted by Gasteiger charge is 2.16. The summed E-state index contributed by atoms with van der Waals surface area (Å²) >= 11 is 0. The number of aryl methyl sites for hydroxylation is 1. The molecule has 122 valence electrons.